The van der Waals surface area contributed by atoms with Crippen LogP contribution in [0.3, 0.4) is 0 Å². The number of carbonyl (C=O) groups excluding carboxylic acids is 1. The lowest BCUT2D eigenvalue weighted by Gasteiger charge is -2.28. The molecule has 78 valence electrons. The van der Waals surface area contributed by atoms with Gasteiger partial charge in [0.25, 0.3) is 5.91 Å². The van der Waals surface area contributed by atoms with Gasteiger partial charge in [0.15, 0.2) is 5.69 Å². The lowest BCUT2D eigenvalue weighted by Crippen LogP contribution is -2.38. The van der Waals surface area contributed by atoms with E-state index in [-0.39, 0.29) is 11.8 Å². The zero-order valence-corrected chi connectivity index (χ0v) is 8.90. The molecule has 5 nitrogen and oxygen atoms in total. The van der Waals surface area contributed by atoms with E-state index in [0.717, 1.165) is 12.8 Å². The second-order valence-electron chi connectivity index (χ2n) is 3.49. The van der Waals surface area contributed by atoms with Crippen molar-refractivity contribution in [3.8, 4) is 6.07 Å². The molecular formula is C9H10N4OS. The van der Waals surface area contributed by atoms with Crippen LogP contribution in [-0.4, -0.2) is 33.5 Å². The summed E-state index contributed by atoms with van der Waals surface area (Å²) in [5.74, 6) is 0.0303. The molecule has 1 aromatic rings. The topological polar surface area (TPSA) is 69.9 Å². The monoisotopic (exact) mass is 222 g/mol. The van der Waals surface area contributed by atoms with Crippen LogP contribution < -0.4 is 0 Å². The Morgan fingerprint density at radius 2 is 2.33 bits per heavy atom. The third-order valence-electron chi connectivity index (χ3n) is 2.54. The number of nitriles is 1. The lowest BCUT2D eigenvalue weighted by atomic mass is 9.98. The van der Waals surface area contributed by atoms with Gasteiger partial charge in [-0.25, -0.2) is 0 Å². The number of hydrogen-bond donors (Lipinski definition) is 0. The molecule has 0 unspecified atom stereocenters. The van der Waals surface area contributed by atoms with E-state index in [2.05, 4.69) is 15.7 Å². The SMILES string of the molecule is N#CC1CCN(C(=O)c2csnn2)CC1. The van der Waals surface area contributed by atoms with Crippen LogP contribution >= 0.6 is 11.5 Å². The number of piperidine rings is 1. The summed E-state index contributed by atoms with van der Waals surface area (Å²) in [7, 11) is 0. The highest BCUT2D eigenvalue weighted by Crippen LogP contribution is 2.17. The fourth-order valence-corrected chi connectivity index (χ4v) is 2.06. The van der Waals surface area contributed by atoms with E-state index >= 15 is 0 Å². The van der Waals surface area contributed by atoms with E-state index in [1.807, 2.05) is 0 Å². The fraction of sp³-hybridized carbons (Fsp3) is 0.556. The van der Waals surface area contributed by atoms with Crippen molar-refractivity contribution in [3.05, 3.63) is 11.1 Å². The first-order chi connectivity index (χ1) is 7.31. The molecule has 15 heavy (non-hydrogen) atoms. The van der Waals surface area contributed by atoms with E-state index in [1.54, 1.807) is 10.3 Å². The smallest absolute Gasteiger partial charge is 0.275 e. The molecule has 0 radical (unpaired) electrons. The van der Waals surface area contributed by atoms with E-state index < -0.39 is 0 Å². The number of rotatable bonds is 1. The van der Waals surface area contributed by atoms with E-state index in [9.17, 15) is 4.79 Å². The van der Waals surface area contributed by atoms with Crippen LogP contribution in [0.4, 0.5) is 0 Å². The first kappa shape index (κ1) is 10.1. The molecule has 2 rings (SSSR count). The Bertz CT molecular complexity index is 375. The molecule has 0 atom stereocenters. The summed E-state index contributed by atoms with van der Waals surface area (Å²) in [6, 6.07) is 2.23. The minimum absolute atomic E-state index is 0.0693. The molecule has 1 aromatic heterocycles. The minimum Gasteiger partial charge on any atom is -0.337 e. The second kappa shape index (κ2) is 4.36. The fourth-order valence-electron chi connectivity index (χ4n) is 1.63. The maximum absolute atomic E-state index is 11.8. The van der Waals surface area contributed by atoms with Crippen LogP contribution in [0.15, 0.2) is 5.38 Å². The van der Waals surface area contributed by atoms with Crippen LogP contribution in [0, 0.1) is 17.2 Å². The molecule has 1 aliphatic heterocycles. The Morgan fingerprint density at radius 1 is 1.60 bits per heavy atom. The normalized spacial score (nSPS) is 17.4. The van der Waals surface area contributed by atoms with Crippen molar-refractivity contribution >= 4 is 17.4 Å². The van der Waals surface area contributed by atoms with E-state index in [0.29, 0.717) is 18.8 Å². The molecule has 6 heteroatoms. The molecule has 2 heterocycles. The highest BCUT2D eigenvalue weighted by molar-refractivity contribution is 7.03. The molecular weight excluding hydrogens is 212 g/mol. The van der Waals surface area contributed by atoms with E-state index in [4.69, 9.17) is 5.26 Å². The van der Waals surface area contributed by atoms with Crippen LogP contribution in [0.1, 0.15) is 23.3 Å². The second-order valence-corrected chi connectivity index (χ2v) is 4.10. The van der Waals surface area contributed by atoms with Crippen molar-refractivity contribution < 1.29 is 4.79 Å². The third-order valence-corrected chi connectivity index (χ3v) is 3.05. The van der Waals surface area contributed by atoms with Crippen molar-refractivity contribution in [2.75, 3.05) is 13.1 Å². The quantitative estimate of drug-likeness (QED) is 0.708. The van der Waals surface area contributed by atoms with Crippen molar-refractivity contribution in [3.63, 3.8) is 0 Å². The molecule has 0 spiro atoms. The minimum atomic E-state index is -0.0693. The number of amides is 1. The Labute approximate surface area is 91.5 Å². The molecule has 0 aromatic carbocycles. The first-order valence-corrected chi connectivity index (χ1v) is 5.61. The van der Waals surface area contributed by atoms with Crippen LogP contribution in [-0.2, 0) is 0 Å². The van der Waals surface area contributed by atoms with Gasteiger partial charge in [-0.3, -0.25) is 4.79 Å². The Balaban J connectivity index is 1.97. The summed E-state index contributed by atoms with van der Waals surface area (Å²) < 4.78 is 3.66. The zero-order valence-electron chi connectivity index (χ0n) is 8.09. The van der Waals surface area contributed by atoms with Gasteiger partial charge in [0.1, 0.15) is 0 Å². The summed E-state index contributed by atoms with van der Waals surface area (Å²) in [5.41, 5.74) is 0.412. The van der Waals surface area contributed by atoms with Gasteiger partial charge in [-0.15, -0.1) is 5.10 Å². The average molecular weight is 222 g/mol. The maximum atomic E-state index is 11.8. The maximum Gasteiger partial charge on any atom is 0.275 e. The van der Waals surface area contributed by atoms with Crippen LogP contribution in [0.2, 0.25) is 0 Å². The molecule has 0 aliphatic carbocycles. The molecule has 1 amide bonds. The van der Waals surface area contributed by atoms with E-state index in [1.165, 1.54) is 11.5 Å². The summed E-state index contributed by atoms with van der Waals surface area (Å²) in [5, 5.41) is 14.1. The molecule has 0 saturated carbocycles. The van der Waals surface area contributed by atoms with Gasteiger partial charge in [-0.2, -0.15) is 5.26 Å². The van der Waals surface area contributed by atoms with Crippen molar-refractivity contribution in [1.82, 2.24) is 14.5 Å². The summed E-state index contributed by atoms with van der Waals surface area (Å²) >= 11 is 1.18. The predicted octanol–water partition coefficient (Wildman–Crippen LogP) is 0.914. The zero-order chi connectivity index (χ0) is 10.7. The standard InChI is InChI=1S/C9H10N4OS/c10-5-7-1-3-13(4-2-7)9(14)8-6-15-12-11-8/h6-7H,1-4H2. The molecule has 0 N–H and O–H groups in total. The molecule has 0 bridgehead atoms. The van der Waals surface area contributed by atoms with Gasteiger partial charge >= 0.3 is 0 Å². The summed E-state index contributed by atoms with van der Waals surface area (Å²) in [4.78, 5) is 13.5. The molecule has 1 aliphatic rings. The highest BCUT2D eigenvalue weighted by Gasteiger charge is 2.24. The average Bonchev–Trinajstić information content (AvgIpc) is 2.82. The number of aromatic nitrogens is 2. The summed E-state index contributed by atoms with van der Waals surface area (Å²) in [6.45, 7) is 1.29. The third kappa shape index (κ3) is 2.13. The van der Waals surface area contributed by atoms with Gasteiger partial charge in [-0.05, 0) is 24.4 Å². The first-order valence-electron chi connectivity index (χ1n) is 4.77. The van der Waals surface area contributed by atoms with Crippen molar-refractivity contribution in [2.24, 2.45) is 5.92 Å². The van der Waals surface area contributed by atoms with Gasteiger partial charge in [-0.1, -0.05) is 4.49 Å². The van der Waals surface area contributed by atoms with Crippen molar-refractivity contribution in [1.29, 1.82) is 5.26 Å². The van der Waals surface area contributed by atoms with Gasteiger partial charge < -0.3 is 4.90 Å². The highest BCUT2D eigenvalue weighted by atomic mass is 32.1. The Hall–Kier alpha value is -1.48. The van der Waals surface area contributed by atoms with Gasteiger partial charge in [0.2, 0.25) is 0 Å². The summed E-state index contributed by atoms with van der Waals surface area (Å²) in [6.07, 6.45) is 1.53. The number of hydrogen-bond acceptors (Lipinski definition) is 5. The lowest BCUT2D eigenvalue weighted by molar-refractivity contribution is 0.0701. The van der Waals surface area contributed by atoms with Gasteiger partial charge in [0, 0.05) is 24.4 Å². The number of nitrogens with zero attached hydrogens (tertiary/aromatic N) is 4. The van der Waals surface area contributed by atoms with Gasteiger partial charge in [0.05, 0.1) is 6.07 Å². The van der Waals surface area contributed by atoms with Crippen molar-refractivity contribution in [2.45, 2.75) is 12.8 Å². The van der Waals surface area contributed by atoms with Crippen LogP contribution in [0.5, 0.6) is 0 Å². The number of likely N-dealkylation sites (tertiary alicyclic amines) is 1. The molecule has 1 fully saturated rings. The number of carbonyl (C=O) groups is 1. The van der Waals surface area contributed by atoms with Crippen LogP contribution in [0.25, 0.3) is 0 Å². The largest absolute Gasteiger partial charge is 0.337 e. The Morgan fingerprint density at radius 3 is 2.87 bits per heavy atom. The Kier molecular flexibility index (Phi) is 2.92. The predicted molar refractivity (Wildman–Crippen MR) is 54.1 cm³/mol. The molecule has 1 saturated heterocycles.